The van der Waals surface area contributed by atoms with Gasteiger partial charge >= 0.3 is 0 Å². The molecule has 2 amide bonds. The zero-order valence-electron chi connectivity index (χ0n) is 13.9. The Labute approximate surface area is 146 Å². The zero-order valence-corrected chi connectivity index (χ0v) is 14.8. The molecule has 0 saturated heterocycles. The summed E-state index contributed by atoms with van der Waals surface area (Å²) in [5.41, 5.74) is 1.84. The maximum Gasteiger partial charge on any atom is 0.225 e. The van der Waals surface area contributed by atoms with Crippen molar-refractivity contribution >= 4 is 33.0 Å². The molecule has 0 fully saturated rings. The van der Waals surface area contributed by atoms with E-state index in [1.165, 1.54) is 31.2 Å². The fourth-order valence-corrected chi connectivity index (χ4v) is 3.38. The number of nitrogens with one attached hydrogen (secondary N) is 2. The average molecular weight is 361 g/mol. The summed E-state index contributed by atoms with van der Waals surface area (Å²) in [6, 6.07) is 9.17. The lowest BCUT2D eigenvalue weighted by molar-refractivity contribution is -0.116. The van der Waals surface area contributed by atoms with Crippen LogP contribution in [0.25, 0.3) is 0 Å². The predicted molar refractivity (Wildman–Crippen MR) is 95.0 cm³/mol. The van der Waals surface area contributed by atoms with Crippen LogP contribution in [0.5, 0.6) is 0 Å². The van der Waals surface area contributed by atoms with Crippen LogP contribution >= 0.6 is 0 Å². The molecule has 2 aromatic rings. The first-order valence-electron chi connectivity index (χ1n) is 7.59. The molecule has 0 bridgehead atoms. The van der Waals surface area contributed by atoms with Gasteiger partial charge in [0, 0.05) is 36.6 Å². The van der Waals surface area contributed by atoms with Gasteiger partial charge in [-0.25, -0.2) is 8.42 Å². The lowest BCUT2D eigenvalue weighted by atomic mass is 10.3. The summed E-state index contributed by atoms with van der Waals surface area (Å²) in [5, 5.41) is 5.21. The molecule has 0 aliphatic rings. The number of carbonyl (C=O) groups is 2. The van der Waals surface area contributed by atoms with Crippen LogP contribution in [0.3, 0.4) is 0 Å². The number of benzene rings is 1. The summed E-state index contributed by atoms with van der Waals surface area (Å²) in [6.07, 6.45) is 1.41. The number of amides is 2. The normalized spacial score (nSPS) is 11.0. The summed E-state index contributed by atoms with van der Waals surface area (Å²) in [5.74, 6) is -0.926. The number of hydrogen-bond donors (Lipinski definition) is 2. The number of aromatic nitrogens is 1. The van der Waals surface area contributed by atoms with E-state index in [1.807, 2.05) is 0 Å². The minimum atomic E-state index is -3.59. The first-order chi connectivity index (χ1) is 11.8. The van der Waals surface area contributed by atoms with Gasteiger partial charge in [0.1, 0.15) is 0 Å². The molecule has 2 N–H and O–H groups in total. The van der Waals surface area contributed by atoms with Crippen molar-refractivity contribution in [2.45, 2.75) is 25.2 Å². The van der Waals surface area contributed by atoms with Crippen molar-refractivity contribution in [1.29, 1.82) is 0 Å². The lowest BCUT2D eigenvalue weighted by Gasteiger charge is -2.08. The largest absolute Gasteiger partial charge is 0.326 e. The van der Waals surface area contributed by atoms with Gasteiger partial charge in [0.05, 0.1) is 10.6 Å². The van der Waals surface area contributed by atoms with E-state index in [2.05, 4.69) is 15.6 Å². The standard InChI is InChI=1S/C17H19N3O4S/c1-12-11-15(7-9-18-12)20-17(22)8-10-25(23,24)16-5-3-14(4-6-16)19-13(2)21/h3-7,9,11H,8,10H2,1-2H3,(H,19,21)(H,18,20,22). The van der Waals surface area contributed by atoms with E-state index in [0.29, 0.717) is 11.4 Å². The fraction of sp³-hybridized carbons (Fsp3) is 0.235. The van der Waals surface area contributed by atoms with Gasteiger partial charge in [0.2, 0.25) is 11.8 Å². The number of rotatable bonds is 6. The van der Waals surface area contributed by atoms with E-state index < -0.39 is 9.84 Å². The first-order valence-corrected chi connectivity index (χ1v) is 9.24. The van der Waals surface area contributed by atoms with Crippen molar-refractivity contribution in [3.63, 3.8) is 0 Å². The number of aryl methyl sites for hydroxylation is 1. The molecule has 25 heavy (non-hydrogen) atoms. The van der Waals surface area contributed by atoms with Crippen molar-refractivity contribution in [3.8, 4) is 0 Å². The highest BCUT2D eigenvalue weighted by Gasteiger charge is 2.16. The molecule has 8 heteroatoms. The number of nitrogens with zero attached hydrogens (tertiary/aromatic N) is 1. The molecule has 0 aliphatic heterocycles. The summed E-state index contributed by atoms with van der Waals surface area (Å²) in [6.45, 7) is 3.16. The molecule has 132 valence electrons. The summed E-state index contributed by atoms with van der Waals surface area (Å²) >= 11 is 0. The number of sulfone groups is 1. The Kier molecular flexibility index (Phi) is 5.87. The summed E-state index contributed by atoms with van der Waals surface area (Å²) in [4.78, 5) is 27.0. The SMILES string of the molecule is CC(=O)Nc1ccc(S(=O)(=O)CCC(=O)Nc2ccnc(C)c2)cc1. The van der Waals surface area contributed by atoms with Crippen LogP contribution in [0.1, 0.15) is 19.0 Å². The molecule has 0 atom stereocenters. The fourth-order valence-electron chi connectivity index (χ4n) is 2.14. The van der Waals surface area contributed by atoms with Gasteiger partial charge in [0.15, 0.2) is 9.84 Å². The number of anilines is 2. The predicted octanol–water partition coefficient (Wildman–Crippen LogP) is 2.15. The Bertz CT molecular complexity index is 877. The third-order valence-electron chi connectivity index (χ3n) is 3.31. The van der Waals surface area contributed by atoms with Crippen molar-refractivity contribution < 1.29 is 18.0 Å². The monoisotopic (exact) mass is 361 g/mol. The van der Waals surface area contributed by atoms with Gasteiger partial charge in [-0.2, -0.15) is 0 Å². The summed E-state index contributed by atoms with van der Waals surface area (Å²) < 4.78 is 24.6. The Morgan fingerprint density at radius 2 is 1.72 bits per heavy atom. The molecule has 0 radical (unpaired) electrons. The maximum atomic E-state index is 12.3. The van der Waals surface area contributed by atoms with Gasteiger partial charge in [-0.3, -0.25) is 14.6 Å². The van der Waals surface area contributed by atoms with Gasteiger partial charge in [-0.15, -0.1) is 0 Å². The van der Waals surface area contributed by atoms with E-state index in [9.17, 15) is 18.0 Å². The molecular weight excluding hydrogens is 342 g/mol. The Hall–Kier alpha value is -2.74. The maximum absolute atomic E-state index is 12.3. The second kappa shape index (κ2) is 7.89. The van der Waals surface area contributed by atoms with Crippen molar-refractivity contribution in [1.82, 2.24) is 4.98 Å². The van der Waals surface area contributed by atoms with Crippen molar-refractivity contribution in [2.75, 3.05) is 16.4 Å². The van der Waals surface area contributed by atoms with Crippen LogP contribution in [0, 0.1) is 6.92 Å². The van der Waals surface area contributed by atoms with Crippen molar-refractivity contribution in [3.05, 3.63) is 48.3 Å². The highest BCUT2D eigenvalue weighted by molar-refractivity contribution is 7.91. The molecule has 2 rings (SSSR count). The van der Waals surface area contributed by atoms with Crippen LogP contribution in [0.2, 0.25) is 0 Å². The van der Waals surface area contributed by atoms with Crippen LogP contribution in [-0.4, -0.2) is 31.0 Å². The van der Waals surface area contributed by atoms with E-state index in [-0.39, 0.29) is 28.9 Å². The van der Waals surface area contributed by atoms with Gasteiger partial charge in [-0.05, 0) is 43.3 Å². The van der Waals surface area contributed by atoms with E-state index in [0.717, 1.165) is 5.69 Å². The molecule has 7 nitrogen and oxygen atoms in total. The van der Waals surface area contributed by atoms with Crippen LogP contribution < -0.4 is 10.6 Å². The Morgan fingerprint density at radius 1 is 1.04 bits per heavy atom. The van der Waals surface area contributed by atoms with Crippen LogP contribution in [0.4, 0.5) is 11.4 Å². The third kappa shape index (κ3) is 5.68. The molecule has 0 spiro atoms. The molecule has 0 unspecified atom stereocenters. The number of pyridine rings is 1. The zero-order chi connectivity index (χ0) is 18.4. The summed E-state index contributed by atoms with van der Waals surface area (Å²) in [7, 11) is -3.59. The van der Waals surface area contributed by atoms with E-state index in [1.54, 1.807) is 25.3 Å². The molecule has 1 heterocycles. The first kappa shape index (κ1) is 18.6. The second-order valence-corrected chi connectivity index (χ2v) is 7.62. The molecule has 1 aromatic heterocycles. The minimum absolute atomic E-state index is 0.106. The van der Waals surface area contributed by atoms with Gasteiger partial charge < -0.3 is 10.6 Å². The highest BCUT2D eigenvalue weighted by atomic mass is 32.2. The lowest BCUT2D eigenvalue weighted by Crippen LogP contribution is -2.17. The second-order valence-electron chi connectivity index (χ2n) is 5.51. The molecule has 0 saturated carbocycles. The molecule has 0 aliphatic carbocycles. The average Bonchev–Trinajstić information content (AvgIpc) is 2.53. The highest BCUT2D eigenvalue weighted by Crippen LogP contribution is 2.16. The smallest absolute Gasteiger partial charge is 0.225 e. The van der Waals surface area contributed by atoms with Crippen LogP contribution in [0.15, 0.2) is 47.5 Å². The number of hydrogen-bond acceptors (Lipinski definition) is 5. The van der Waals surface area contributed by atoms with Gasteiger partial charge in [-0.1, -0.05) is 0 Å². The van der Waals surface area contributed by atoms with Crippen LogP contribution in [-0.2, 0) is 19.4 Å². The minimum Gasteiger partial charge on any atom is -0.326 e. The van der Waals surface area contributed by atoms with E-state index in [4.69, 9.17) is 0 Å². The van der Waals surface area contributed by atoms with E-state index >= 15 is 0 Å². The van der Waals surface area contributed by atoms with Crippen molar-refractivity contribution in [2.24, 2.45) is 0 Å². The molecule has 1 aromatic carbocycles. The Morgan fingerprint density at radius 3 is 2.32 bits per heavy atom. The third-order valence-corrected chi connectivity index (χ3v) is 5.04. The quantitative estimate of drug-likeness (QED) is 0.820. The number of carbonyl (C=O) groups excluding carboxylic acids is 2. The molecular formula is C17H19N3O4S. The Balaban J connectivity index is 1.96. The van der Waals surface area contributed by atoms with Gasteiger partial charge in [0.25, 0.3) is 0 Å². The topological polar surface area (TPSA) is 105 Å².